The number of aryl methyl sites for hydroxylation is 1. The van der Waals surface area contributed by atoms with E-state index in [-0.39, 0.29) is 5.91 Å². The van der Waals surface area contributed by atoms with Gasteiger partial charge in [-0.05, 0) is 62.4 Å². The summed E-state index contributed by atoms with van der Waals surface area (Å²) in [5.41, 5.74) is 1.80. The number of carbonyl (C=O) groups is 1. The molecular formula is C16H23ClN2O. The van der Waals surface area contributed by atoms with Gasteiger partial charge in [0.15, 0.2) is 0 Å². The molecule has 0 spiro atoms. The third-order valence-electron chi connectivity index (χ3n) is 4.10. The minimum atomic E-state index is 0.0722. The van der Waals surface area contributed by atoms with Crippen LogP contribution in [-0.4, -0.2) is 19.0 Å². The molecular weight excluding hydrogens is 272 g/mol. The Morgan fingerprint density at radius 3 is 3.00 bits per heavy atom. The molecule has 1 amide bonds. The topological polar surface area (TPSA) is 41.1 Å². The number of piperidine rings is 1. The van der Waals surface area contributed by atoms with Crippen LogP contribution in [0.25, 0.3) is 0 Å². The van der Waals surface area contributed by atoms with E-state index in [0.717, 1.165) is 24.3 Å². The predicted molar refractivity (Wildman–Crippen MR) is 84.2 cm³/mol. The number of anilines is 1. The van der Waals surface area contributed by atoms with Crippen molar-refractivity contribution >= 4 is 23.2 Å². The van der Waals surface area contributed by atoms with Gasteiger partial charge >= 0.3 is 0 Å². The summed E-state index contributed by atoms with van der Waals surface area (Å²) in [4.78, 5) is 12.1. The van der Waals surface area contributed by atoms with Gasteiger partial charge in [-0.25, -0.2) is 0 Å². The molecule has 1 saturated heterocycles. The van der Waals surface area contributed by atoms with Crippen LogP contribution < -0.4 is 10.6 Å². The summed E-state index contributed by atoms with van der Waals surface area (Å²) in [5.74, 6) is 1.09. The van der Waals surface area contributed by atoms with Gasteiger partial charge < -0.3 is 10.6 Å². The molecule has 20 heavy (non-hydrogen) atoms. The Kier molecular flexibility index (Phi) is 5.44. The van der Waals surface area contributed by atoms with E-state index >= 15 is 0 Å². The van der Waals surface area contributed by atoms with Crippen molar-refractivity contribution in [2.45, 2.75) is 33.1 Å². The standard InChI is InChI=1S/C16H23ClN2O/c1-11-5-6-14(9-15(11)17)19-16(20)8-12(2)13-4-3-7-18-10-13/h5-6,9,12-13,18H,3-4,7-8,10H2,1-2H3,(H,19,20). The Morgan fingerprint density at radius 2 is 2.35 bits per heavy atom. The zero-order chi connectivity index (χ0) is 14.5. The summed E-state index contributed by atoms with van der Waals surface area (Å²) in [6.07, 6.45) is 3.00. The molecule has 1 heterocycles. The minimum Gasteiger partial charge on any atom is -0.326 e. The molecule has 0 radical (unpaired) electrons. The second kappa shape index (κ2) is 7.09. The monoisotopic (exact) mass is 294 g/mol. The lowest BCUT2D eigenvalue weighted by molar-refractivity contribution is -0.117. The van der Waals surface area contributed by atoms with Crippen LogP contribution in [0.1, 0.15) is 31.7 Å². The third kappa shape index (κ3) is 4.22. The molecule has 4 heteroatoms. The minimum absolute atomic E-state index is 0.0722. The summed E-state index contributed by atoms with van der Waals surface area (Å²) in [6.45, 7) is 6.26. The van der Waals surface area contributed by atoms with E-state index < -0.39 is 0 Å². The average Bonchev–Trinajstić information content (AvgIpc) is 2.44. The Labute approximate surface area is 126 Å². The Bertz CT molecular complexity index is 470. The lowest BCUT2D eigenvalue weighted by atomic mass is 9.85. The molecule has 1 aliphatic rings. The van der Waals surface area contributed by atoms with Crippen molar-refractivity contribution in [2.75, 3.05) is 18.4 Å². The van der Waals surface area contributed by atoms with Gasteiger partial charge in [-0.1, -0.05) is 24.6 Å². The van der Waals surface area contributed by atoms with E-state index in [1.54, 1.807) is 0 Å². The van der Waals surface area contributed by atoms with Gasteiger partial charge in [0.25, 0.3) is 0 Å². The molecule has 0 saturated carbocycles. The second-order valence-electron chi connectivity index (χ2n) is 5.80. The maximum absolute atomic E-state index is 12.1. The molecule has 2 N–H and O–H groups in total. The van der Waals surface area contributed by atoms with E-state index in [1.807, 2.05) is 25.1 Å². The van der Waals surface area contributed by atoms with Crippen molar-refractivity contribution in [3.63, 3.8) is 0 Å². The van der Waals surface area contributed by atoms with Gasteiger partial charge in [-0.15, -0.1) is 0 Å². The molecule has 3 nitrogen and oxygen atoms in total. The summed E-state index contributed by atoms with van der Waals surface area (Å²) < 4.78 is 0. The van der Waals surface area contributed by atoms with Crippen LogP contribution in [-0.2, 0) is 4.79 Å². The first-order chi connectivity index (χ1) is 9.56. The highest BCUT2D eigenvalue weighted by Crippen LogP contribution is 2.24. The van der Waals surface area contributed by atoms with Gasteiger partial charge in [-0.2, -0.15) is 0 Å². The molecule has 2 rings (SSSR count). The molecule has 1 aromatic carbocycles. The summed E-state index contributed by atoms with van der Waals surface area (Å²) >= 11 is 6.07. The first-order valence-corrected chi connectivity index (χ1v) is 7.71. The number of rotatable bonds is 4. The fraction of sp³-hybridized carbons (Fsp3) is 0.562. The largest absolute Gasteiger partial charge is 0.326 e. The van der Waals surface area contributed by atoms with Crippen molar-refractivity contribution in [1.29, 1.82) is 0 Å². The zero-order valence-corrected chi connectivity index (χ0v) is 13.0. The van der Waals surface area contributed by atoms with Crippen LogP contribution in [0.15, 0.2) is 18.2 Å². The third-order valence-corrected chi connectivity index (χ3v) is 4.51. The zero-order valence-electron chi connectivity index (χ0n) is 12.2. The first-order valence-electron chi connectivity index (χ1n) is 7.33. The van der Waals surface area contributed by atoms with Crippen molar-refractivity contribution in [3.8, 4) is 0 Å². The Hall–Kier alpha value is -1.06. The molecule has 2 atom stereocenters. The van der Waals surface area contributed by atoms with Crippen LogP contribution in [0, 0.1) is 18.8 Å². The van der Waals surface area contributed by atoms with E-state index in [2.05, 4.69) is 17.6 Å². The Morgan fingerprint density at radius 1 is 1.55 bits per heavy atom. The molecule has 0 aliphatic carbocycles. The smallest absolute Gasteiger partial charge is 0.224 e. The van der Waals surface area contributed by atoms with Crippen molar-refractivity contribution in [3.05, 3.63) is 28.8 Å². The molecule has 1 aliphatic heterocycles. The van der Waals surface area contributed by atoms with Gasteiger partial charge in [0.2, 0.25) is 5.91 Å². The van der Waals surface area contributed by atoms with Crippen molar-refractivity contribution in [1.82, 2.24) is 5.32 Å². The normalized spacial score (nSPS) is 20.4. The van der Waals surface area contributed by atoms with Crippen LogP contribution in [0.5, 0.6) is 0 Å². The average molecular weight is 295 g/mol. The number of benzene rings is 1. The Balaban J connectivity index is 1.86. The highest BCUT2D eigenvalue weighted by atomic mass is 35.5. The molecule has 0 aromatic heterocycles. The first kappa shape index (κ1) is 15.3. The van der Waals surface area contributed by atoms with Gasteiger partial charge in [-0.3, -0.25) is 4.79 Å². The fourth-order valence-corrected chi connectivity index (χ4v) is 2.89. The predicted octanol–water partition coefficient (Wildman–Crippen LogP) is 3.61. The van der Waals surface area contributed by atoms with Gasteiger partial charge in [0.05, 0.1) is 0 Å². The summed E-state index contributed by atoms with van der Waals surface area (Å²) in [5, 5.41) is 7.03. The summed E-state index contributed by atoms with van der Waals surface area (Å²) in [7, 11) is 0. The van der Waals surface area contributed by atoms with Crippen LogP contribution >= 0.6 is 11.6 Å². The molecule has 2 unspecified atom stereocenters. The van der Waals surface area contributed by atoms with Crippen LogP contribution in [0.3, 0.4) is 0 Å². The molecule has 0 bridgehead atoms. The highest BCUT2D eigenvalue weighted by molar-refractivity contribution is 6.31. The molecule has 1 fully saturated rings. The number of halogens is 1. The van der Waals surface area contributed by atoms with Gasteiger partial charge in [0, 0.05) is 17.1 Å². The molecule has 110 valence electrons. The van der Waals surface area contributed by atoms with E-state index in [1.165, 1.54) is 12.8 Å². The number of amides is 1. The lowest BCUT2D eigenvalue weighted by Crippen LogP contribution is -2.34. The number of carbonyl (C=O) groups excluding carboxylic acids is 1. The van der Waals surface area contributed by atoms with E-state index in [9.17, 15) is 4.79 Å². The highest BCUT2D eigenvalue weighted by Gasteiger charge is 2.22. The number of hydrogen-bond acceptors (Lipinski definition) is 2. The quantitative estimate of drug-likeness (QED) is 0.890. The van der Waals surface area contributed by atoms with Crippen molar-refractivity contribution in [2.24, 2.45) is 11.8 Å². The van der Waals surface area contributed by atoms with E-state index in [0.29, 0.717) is 23.3 Å². The molecule has 1 aromatic rings. The fourth-order valence-electron chi connectivity index (χ4n) is 2.71. The lowest BCUT2D eigenvalue weighted by Gasteiger charge is -2.28. The van der Waals surface area contributed by atoms with Crippen molar-refractivity contribution < 1.29 is 4.79 Å². The summed E-state index contributed by atoms with van der Waals surface area (Å²) in [6, 6.07) is 5.62. The van der Waals surface area contributed by atoms with Gasteiger partial charge in [0.1, 0.15) is 0 Å². The number of nitrogens with one attached hydrogen (secondary N) is 2. The maximum Gasteiger partial charge on any atom is 0.224 e. The maximum atomic E-state index is 12.1. The van der Waals surface area contributed by atoms with Crippen LogP contribution in [0.2, 0.25) is 5.02 Å². The SMILES string of the molecule is Cc1ccc(NC(=O)CC(C)C2CCCNC2)cc1Cl. The van der Waals surface area contributed by atoms with Crippen LogP contribution in [0.4, 0.5) is 5.69 Å². The van der Waals surface area contributed by atoms with E-state index in [4.69, 9.17) is 11.6 Å². The number of hydrogen-bond donors (Lipinski definition) is 2. The second-order valence-corrected chi connectivity index (χ2v) is 6.21.